The molecule has 0 atom stereocenters. The van der Waals surface area contributed by atoms with Crippen LogP contribution in [0.2, 0.25) is 10.0 Å². The molecule has 18 heavy (non-hydrogen) atoms. The van der Waals surface area contributed by atoms with Gasteiger partial charge in [0.25, 0.3) is 0 Å². The number of rotatable bonds is 3. The molecule has 1 heterocycles. The van der Waals surface area contributed by atoms with Crippen LogP contribution < -0.4 is 0 Å². The molecule has 2 nitrogen and oxygen atoms in total. The average Bonchev–Trinajstić information content (AvgIpc) is 2.40. The molecule has 0 amide bonds. The van der Waals surface area contributed by atoms with E-state index in [-0.39, 0.29) is 5.78 Å². The number of hydrogen-bond acceptors (Lipinski definition) is 2. The highest BCUT2D eigenvalue weighted by atomic mass is 35.5. The normalized spacial score (nSPS) is 10.8. The number of hydrogen-bond donors (Lipinski definition) is 0. The summed E-state index contributed by atoms with van der Waals surface area (Å²) in [4.78, 5) is 15.8. The average molecular weight is 278 g/mol. The minimum atomic E-state index is -0.127. The summed E-state index contributed by atoms with van der Waals surface area (Å²) in [6.07, 6.45) is 6.55. The largest absolute Gasteiger partial charge is 0.289 e. The minimum absolute atomic E-state index is 0.127. The summed E-state index contributed by atoms with van der Waals surface area (Å²) in [6.45, 7) is 0. The smallest absolute Gasteiger partial charge is 0.185 e. The molecule has 0 spiro atoms. The molecule has 1 aromatic carbocycles. The van der Waals surface area contributed by atoms with Crippen LogP contribution in [0.4, 0.5) is 0 Å². The first-order valence-corrected chi connectivity index (χ1v) is 6.00. The van der Waals surface area contributed by atoms with E-state index in [1.54, 1.807) is 36.7 Å². The van der Waals surface area contributed by atoms with Gasteiger partial charge < -0.3 is 0 Å². The quantitative estimate of drug-likeness (QED) is 0.619. The SMILES string of the molecule is O=C(/C=C/c1cccnc1)c1ccc(Cl)c(Cl)c1. The molecule has 4 heteroatoms. The number of benzene rings is 1. The van der Waals surface area contributed by atoms with Crippen molar-refractivity contribution in [2.75, 3.05) is 0 Å². The lowest BCUT2D eigenvalue weighted by molar-refractivity contribution is 0.104. The zero-order chi connectivity index (χ0) is 13.0. The maximum absolute atomic E-state index is 11.9. The van der Waals surface area contributed by atoms with E-state index in [2.05, 4.69) is 4.98 Å². The number of carbonyl (C=O) groups excluding carboxylic acids is 1. The van der Waals surface area contributed by atoms with E-state index in [1.165, 1.54) is 6.08 Å². The Kier molecular flexibility index (Phi) is 4.13. The molecule has 0 saturated carbocycles. The molecule has 1 aromatic heterocycles. The van der Waals surface area contributed by atoms with Gasteiger partial charge in [-0.05, 0) is 42.0 Å². The van der Waals surface area contributed by atoms with E-state index < -0.39 is 0 Å². The van der Waals surface area contributed by atoms with Gasteiger partial charge in [0.15, 0.2) is 5.78 Å². The second-order valence-electron chi connectivity index (χ2n) is 3.61. The predicted molar refractivity (Wildman–Crippen MR) is 74.1 cm³/mol. The first-order valence-electron chi connectivity index (χ1n) is 5.24. The van der Waals surface area contributed by atoms with Crippen molar-refractivity contribution < 1.29 is 4.79 Å². The van der Waals surface area contributed by atoms with Crippen molar-refractivity contribution in [1.29, 1.82) is 0 Å². The monoisotopic (exact) mass is 277 g/mol. The van der Waals surface area contributed by atoms with Crippen LogP contribution in [0.5, 0.6) is 0 Å². The van der Waals surface area contributed by atoms with E-state index in [4.69, 9.17) is 23.2 Å². The van der Waals surface area contributed by atoms with E-state index in [0.717, 1.165) is 5.56 Å². The van der Waals surface area contributed by atoms with Gasteiger partial charge in [-0.1, -0.05) is 29.3 Å². The number of aromatic nitrogens is 1. The third-order valence-corrected chi connectivity index (χ3v) is 3.05. The number of allylic oxidation sites excluding steroid dienone is 1. The van der Waals surface area contributed by atoms with Gasteiger partial charge in [0.05, 0.1) is 10.0 Å². The third-order valence-electron chi connectivity index (χ3n) is 2.32. The Morgan fingerprint density at radius 3 is 2.67 bits per heavy atom. The molecule has 2 aromatic rings. The van der Waals surface area contributed by atoms with Gasteiger partial charge in [-0.15, -0.1) is 0 Å². The van der Waals surface area contributed by atoms with Crippen LogP contribution in [0.3, 0.4) is 0 Å². The maximum Gasteiger partial charge on any atom is 0.185 e. The first-order chi connectivity index (χ1) is 8.66. The van der Waals surface area contributed by atoms with E-state index in [1.807, 2.05) is 12.1 Å². The van der Waals surface area contributed by atoms with Crippen LogP contribution in [0.15, 0.2) is 48.8 Å². The van der Waals surface area contributed by atoms with Gasteiger partial charge in [-0.3, -0.25) is 9.78 Å². The standard InChI is InChI=1S/C14H9Cl2NO/c15-12-5-4-11(8-13(12)16)14(18)6-3-10-2-1-7-17-9-10/h1-9H/b6-3+. The molecule has 0 fully saturated rings. The molecular weight excluding hydrogens is 269 g/mol. The summed E-state index contributed by atoms with van der Waals surface area (Å²) in [5, 5.41) is 0.807. The lowest BCUT2D eigenvalue weighted by atomic mass is 10.1. The van der Waals surface area contributed by atoms with E-state index >= 15 is 0 Å². The fourth-order valence-electron chi connectivity index (χ4n) is 1.39. The summed E-state index contributed by atoms with van der Waals surface area (Å²) in [7, 11) is 0. The van der Waals surface area contributed by atoms with Crippen molar-refractivity contribution in [2.24, 2.45) is 0 Å². The Bertz CT molecular complexity index is 594. The summed E-state index contributed by atoms with van der Waals surface area (Å²) in [5.74, 6) is -0.127. The van der Waals surface area contributed by atoms with Crippen molar-refractivity contribution in [3.63, 3.8) is 0 Å². The Hall–Kier alpha value is -1.64. The van der Waals surface area contributed by atoms with Crippen molar-refractivity contribution in [3.8, 4) is 0 Å². The Morgan fingerprint density at radius 1 is 1.17 bits per heavy atom. The van der Waals surface area contributed by atoms with E-state index in [9.17, 15) is 4.79 Å². The van der Waals surface area contributed by atoms with Crippen molar-refractivity contribution in [2.45, 2.75) is 0 Å². The summed E-state index contributed by atoms with van der Waals surface area (Å²) < 4.78 is 0. The molecule has 0 aliphatic rings. The van der Waals surface area contributed by atoms with E-state index in [0.29, 0.717) is 15.6 Å². The Labute approximate surface area is 115 Å². The summed E-state index contributed by atoms with van der Waals surface area (Å²) >= 11 is 11.6. The third kappa shape index (κ3) is 3.19. The number of carbonyl (C=O) groups is 1. The van der Waals surface area contributed by atoms with Crippen molar-refractivity contribution in [3.05, 3.63) is 70.0 Å². The summed E-state index contributed by atoms with van der Waals surface area (Å²) in [5.41, 5.74) is 1.37. The van der Waals surface area contributed by atoms with Gasteiger partial charge in [0.2, 0.25) is 0 Å². The Morgan fingerprint density at radius 2 is 2.00 bits per heavy atom. The molecule has 0 aliphatic carbocycles. The fourth-order valence-corrected chi connectivity index (χ4v) is 1.69. The van der Waals surface area contributed by atoms with Gasteiger partial charge in [0.1, 0.15) is 0 Å². The van der Waals surface area contributed by atoms with Crippen molar-refractivity contribution in [1.82, 2.24) is 4.98 Å². The van der Waals surface area contributed by atoms with Gasteiger partial charge >= 0.3 is 0 Å². The topological polar surface area (TPSA) is 30.0 Å². The number of ketones is 1. The number of pyridine rings is 1. The van der Waals surface area contributed by atoms with Gasteiger partial charge in [-0.25, -0.2) is 0 Å². The lowest BCUT2D eigenvalue weighted by Crippen LogP contribution is -1.93. The molecule has 0 bridgehead atoms. The number of nitrogens with zero attached hydrogens (tertiary/aromatic N) is 1. The van der Waals surface area contributed by atoms with Crippen LogP contribution in [-0.2, 0) is 0 Å². The number of halogens is 2. The molecule has 0 radical (unpaired) electrons. The summed E-state index contributed by atoms with van der Waals surface area (Å²) in [6, 6.07) is 8.48. The second-order valence-corrected chi connectivity index (χ2v) is 4.43. The van der Waals surface area contributed by atoms with Crippen LogP contribution >= 0.6 is 23.2 Å². The van der Waals surface area contributed by atoms with Crippen LogP contribution in [0.1, 0.15) is 15.9 Å². The molecule has 2 rings (SSSR count). The van der Waals surface area contributed by atoms with Gasteiger partial charge in [-0.2, -0.15) is 0 Å². The van der Waals surface area contributed by atoms with Crippen LogP contribution in [0.25, 0.3) is 6.08 Å². The minimum Gasteiger partial charge on any atom is -0.289 e. The molecule has 0 saturated heterocycles. The highest BCUT2D eigenvalue weighted by Gasteiger charge is 2.04. The maximum atomic E-state index is 11.9. The zero-order valence-corrected chi connectivity index (χ0v) is 10.8. The highest BCUT2D eigenvalue weighted by Crippen LogP contribution is 2.23. The Balaban J connectivity index is 2.17. The first kappa shape index (κ1) is 12.8. The van der Waals surface area contributed by atoms with Crippen molar-refractivity contribution >= 4 is 35.1 Å². The molecule has 0 N–H and O–H groups in total. The fraction of sp³-hybridized carbons (Fsp3) is 0. The lowest BCUT2D eigenvalue weighted by Gasteiger charge is -1.99. The van der Waals surface area contributed by atoms with Crippen LogP contribution in [-0.4, -0.2) is 10.8 Å². The predicted octanol–water partition coefficient (Wildman–Crippen LogP) is 4.28. The molecular formula is C14H9Cl2NO. The molecule has 90 valence electrons. The van der Waals surface area contributed by atoms with Crippen LogP contribution in [0, 0.1) is 0 Å². The second kappa shape index (κ2) is 5.80. The molecule has 0 unspecified atom stereocenters. The molecule has 0 aliphatic heterocycles. The highest BCUT2D eigenvalue weighted by molar-refractivity contribution is 6.42. The van der Waals surface area contributed by atoms with Gasteiger partial charge in [0, 0.05) is 18.0 Å². The zero-order valence-electron chi connectivity index (χ0n) is 9.31.